The molecule has 0 unspecified atom stereocenters. The average Bonchev–Trinajstić information content (AvgIpc) is 3.63. The number of imide groups is 1. The standard InChI is InChI=1S/C28H27ClN2O6/c1-14-9-19(6-7-20(14)31-26(33)24-15-3-4-16(10-15)25(24)27(31)34)37-28(35)17-11-23(32)30(13-17)21-12-18(29)5-8-22(21)36-2/h5-9,12,15-17,24-25H,3-4,10-11,13H2,1-2H3/t15-,16-,17+,24+,25+/m0/s1. The van der Waals surface area contributed by atoms with Crippen LogP contribution >= 0.6 is 11.6 Å². The Hall–Kier alpha value is -3.39. The largest absolute Gasteiger partial charge is 0.495 e. The lowest BCUT2D eigenvalue weighted by Crippen LogP contribution is -2.33. The summed E-state index contributed by atoms with van der Waals surface area (Å²) < 4.78 is 11.0. The van der Waals surface area contributed by atoms with Gasteiger partial charge in [0.1, 0.15) is 11.5 Å². The number of carbonyl (C=O) groups excluding carboxylic acids is 4. The zero-order chi connectivity index (χ0) is 26.0. The van der Waals surface area contributed by atoms with E-state index in [1.54, 1.807) is 43.3 Å². The van der Waals surface area contributed by atoms with Crippen LogP contribution in [0.3, 0.4) is 0 Å². The number of carbonyl (C=O) groups is 4. The van der Waals surface area contributed by atoms with Crippen LogP contribution in [0.25, 0.3) is 0 Å². The summed E-state index contributed by atoms with van der Waals surface area (Å²) in [5, 5.41) is 0.455. The fourth-order valence-corrected chi connectivity index (χ4v) is 6.93. The third-order valence-corrected chi connectivity index (χ3v) is 8.68. The molecule has 9 heteroatoms. The van der Waals surface area contributed by atoms with E-state index in [1.807, 2.05) is 0 Å². The minimum atomic E-state index is -0.659. The number of nitrogens with zero attached hydrogens (tertiary/aromatic N) is 2. The molecule has 4 fully saturated rings. The van der Waals surface area contributed by atoms with Gasteiger partial charge < -0.3 is 14.4 Å². The molecule has 2 aliphatic heterocycles. The van der Waals surface area contributed by atoms with Gasteiger partial charge in [-0.25, -0.2) is 4.90 Å². The van der Waals surface area contributed by atoms with Gasteiger partial charge in [-0.2, -0.15) is 0 Å². The minimum absolute atomic E-state index is 0.00740. The highest BCUT2D eigenvalue weighted by Crippen LogP contribution is 2.56. The Labute approximate surface area is 219 Å². The Kier molecular flexibility index (Phi) is 5.75. The first-order valence-electron chi connectivity index (χ1n) is 12.6. The smallest absolute Gasteiger partial charge is 0.316 e. The number of fused-ring (bicyclic) bond motifs is 5. The van der Waals surface area contributed by atoms with E-state index >= 15 is 0 Å². The number of benzene rings is 2. The van der Waals surface area contributed by atoms with Gasteiger partial charge >= 0.3 is 5.97 Å². The van der Waals surface area contributed by atoms with E-state index in [4.69, 9.17) is 21.1 Å². The number of methoxy groups -OCH3 is 1. The van der Waals surface area contributed by atoms with Crippen molar-refractivity contribution >= 4 is 46.7 Å². The van der Waals surface area contributed by atoms with Gasteiger partial charge in [0.05, 0.1) is 36.2 Å². The first kappa shape index (κ1) is 24.0. The summed E-state index contributed by atoms with van der Waals surface area (Å²) in [5.74, 6) is -0.566. The maximum absolute atomic E-state index is 13.2. The SMILES string of the molecule is COc1ccc(Cl)cc1N1C[C@H](C(=O)Oc2ccc(N3C(=O)[C@@H]4[C@H]5CC[C@@H](C5)[C@H]4C3=O)c(C)c2)CC1=O. The maximum Gasteiger partial charge on any atom is 0.316 e. The molecule has 8 nitrogen and oxygen atoms in total. The quantitative estimate of drug-likeness (QED) is 0.333. The summed E-state index contributed by atoms with van der Waals surface area (Å²) >= 11 is 6.11. The Morgan fingerprint density at radius 3 is 2.32 bits per heavy atom. The molecular formula is C28H27ClN2O6. The van der Waals surface area contributed by atoms with Crippen LogP contribution in [0.15, 0.2) is 36.4 Å². The maximum atomic E-state index is 13.2. The second-order valence-corrected chi connectivity index (χ2v) is 10.9. The van der Waals surface area contributed by atoms with Gasteiger partial charge in [-0.3, -0.25) is 19.2 Å². The molecule has 2 bridgehead atoms. The molecule has 2 saturated carbocycles. The van der Waals surface area contributed by atoms with Gasteiger partial charge in [0, 0.05) is 18.0 Å². The molecule has 192 valence electrons. The van der Waals surface area contributed by atoms with E-state index in [0.29, 0.717) is 45.3 Å². The van der Waals surface area contributed by atoms with Crippen molar-refractivity contribution in [2.24, 2.45) is 29.6 Å². The van der Waals surface area contributed by atoms with Crippen molar-refractivity contribution in [3.63, 3.8) is 0 Å². The van der Waals surface area contributed by atoms with Crippen LogP contribution in [0, 0.1) is 36.5 Å². The van der Waals surface area contributed by atoms with Crippen molar-refractivity contribution < 1.29 is 28.7 Å². The van der Waals surface area contributed by atoms with Gasteiger partial charge in [-0.15, -0.1) is 0 Å². The van der Waals surface area contributed by atoms with E-state index in [-0.39, 0.29) is 42.5 Å². The molecule has 2 heterocycles. The number of esters is 1. The summed E-state index contributed by atoms with van der Waals surface area (Å²) in [6, 6.07) is 9.90. The molecule has 4 aliphatic rings. The lowest BCUT2D eigenvalue weighted by atomic mass is 9.81. The van der Waals surface area contributed by atoms with E-state index in [1.165, 1.54) is 16.9 Å². The molecule has 0 radical (unpaired) electrons. The normalized spacial score (nSPS) is 28.3. The molecule has 5 atom stereocenters. The Morgan fingerprint density at radius 2 is 1.68 bits per heavy atom. The third-order valence-electron chi connectivity index (χ3n) is 8.45. The van der Waals surface area contributed by atoms with Crippen LogP contribution in [-0.4, -0.2) is 37.3 Å². The number of aryl methyl sites for hydroxylation is 1. The molecule has 3 amide bonds. The fraction of sp³-hybridized carbons (Fsp3) is 0.429. The average molecular weight is 523 g/mol. The summed E-state index contributed by atoms with van der Waals surface area (Å²) in [6.07, 6.45) is 3.04. The molecule has 37 heavy (non-hydrogen) atoms. The third kappa shape index (κ3) is 3.81. The lowest BCUT2D eigenvalue weighted by Gasteiger charge is -2.20. The van der Waals surface area contributed by atoms with Gasteiger partial charge in [0.2, 0.25) is 17.7 Å². The van der Waals surface area contributed by atoms with E-state index in [2.05, 4.69) is 0 Å². The summed E-state index contributed by atoms with van der Waals surface area (Å²) in [6.45, 7) is 1.94. The van der Waals surface area contributed by atoms with Crippen LogP contribution < -0.4 is 19.3 Å². The van der Waals surface area contributed by atoms with Gasteiger partial charge in [-0.05, 0) is 80.0 Å². The molecule has 0 aromatic heterocycles. The number of halogens is 1. The zero-order valence-electron chi connectivity index (χ0n) is 20.6. The molecular weight excluding hydrogens is 496 g/mol. The van der Waals surface area contributed by atoms with E-state index in [0.717, 1.165) is 19.3 Å². The van der Waals surface area contributed by atoms with Crippen molar-refractivity contribution in [2.45, 2.75) is 32.6 Å². The van der Waals surface area contributed by atoms with E-state index in [9.17, 15) is 19.2 Å². The number of rotatable bonds is 5. The van der Waals surface area contributed by atoms with Gasteiger partial charge in [0.15, 0.2) is 0 Å². The predicted molar refractivity (Wildman–Crippen MR) is 136 cm³/mol. The van der Waals surface area contributed by atoms with Crippen molar-refractivity contribution in [1.82, 2.24) is 0 Å². The van der Waals surface area contributed by atoms with Crippen LogP contribution in [0.1, 0.15) is 31.2 Å². The Bertz CT molecular complexity index is 1310. The van der Waals surface area contributed by atoms with Crippen molar-refractivity contribution in [3.05, 3.63) is 47.0 Å². The summed E-state index contributed by atoms with van der Waals surface area (Å²) in [4.78, 5) is 54.9. The second-order valence-electron chi connectivity index (χ2n) is 10.5. The number of anilines is 2. The second kappa shape index (κ2) is 8.87. The number of hydrogen-bond donors (Lipinski definition) is 0. The van der Waals surface area contributed by atoms with Crippen LogP contribution in [-0.2, 0) is 19.2 Å². The van der Waals surface area contributed by atoms with Crippen LogP contribution in [0.2, 0.25) is 5.02 Å². The van der Waals surface area contributed by atoms with E-state index < -0.39 is 11.9 Å². The molecule has 2 saturated heterocycles. The van der Waals surface area contributed by atoms with Crippen molar-refractivity contribution in [2.75, 3.05) is 23.5 Å². The molecule has 2 aliphatic carbocycles. The molecule has 2 aromatic rings. The topological polar surface area (TPSA) is 93.2 Å². The highest BCUT2D eigenvalue weighted by molar-refractivity contribution is 6.31. The van der Waals surface area contributed by atoms with Crippen molar-refractivity contribution in [1.29, 1.82) is 0 Å². The molecule has 6 rings (SSSR count). The summed E-state index contributed by atoms with van der Waals surface area (Å²) in [7, 11) is 1.50. The molecule has 2 aromatic carbocycles. The van der Waals surface area contributed by atoms with Gasteiger partial charge in [0.25, 0.3) is 0 Å². The molecule has 0 spiro atoms. The minimum Gasteiger partial charge on any atom is -0.495 e. The van der Waals surface area contributed by atoms with Crippen LogP contribution in [0.4, 0.5) is 11.4 Å². The first-order valence-corrected chi connectivity index (χ1v) is 13.0. The first-order chi connectivity index (χ1) is 17.8. The predicted octanol–water partition coefficient (Wildman–Crippen LogP) is 4.15. The lowest BCUT2D eigenvalue weighted by molar-refractivity contribution is -0.139. The fourth-order valence-electron chi connectivity index (χ4n) is 6.76. The zero-order valence-corrected chi connectivity index (χ0v) is 21.4. The highest BCUT2D eigenvalue weighted by Gasteiger charge is 2.61. The Balaban J connectivity index is 1.16. The molecule has 0 N–H and O–H groups in total. The van der Waals surface area contributed by atoms with Gasteiger partial charge in [-0.1, -0.05) is 11.6 Å². The van der Waals surface area contributed by atoms with Crippen LogP contribution in [0.5, 0.6) is 11.5 Å². The number of amides is 3. The highest BCUT2D eigenvalue weighted by atomic mass is 35.5. The summed E-state index contributed by atoms with van der Waals surface area (Å²) in [5.41, 5.74) is 1.72. The van der Waals surface area contributed by atoms with Crippen molar-refractivity contribution in [3.8, 4) is 11.5 Å². The number of hydrogen-bond acceptors (Lipinski definition) is 6. The monoisotopic (exact) mass is 522 g/mol. The Morgan fingerprint density at radius 1 is 0.973 bits per heavy atom. The number of ether oxygens (including phenoxy) is 2.